The number of hydrogen-bond donors (Lipinski definition) is 2. The molecule has 26 heavy (non-hydrogen) atoms. The zero-order valence-corrected chi connectivity index (χ0v) is 14.7. The summed E-state index contributed by atoms with van der Waals surface area (Å²) < 4.78 is 0. The second-order valence-electron chi connectivity index (χ2n) is 7.96. The highest BCUT2D eigenvalue weighted by Gasteiger charge is 2.50. The van der Waals surface area contributed by atoms with E-state index in [1.165, 1.54) is 12.8 Å². The fourth-order valence-electron chi connectivity index (χ4n) is 5.18. The van der Waals surface area contributed by atoms with Gasteiger partial charge in [-0.15, -0.1) is 0 Å². The summed E-state index contributed by atoms with van der Waals surface area (Å²) in [5.41, 5.74) is 0.584. The minimum absolute atomic E-state index is 0.0382. The predicted molar refractivity (Wildman–Crippen MR) is 99.7 cm³/mol. The molecule has 1 amide bonds. The summed E-state index contributed by atoms with van der Waals surface area (Å²) in [5, 5.41) is 3.86. The molecule has 0 spiro atoms. The molecule has 2 fully saturated rings. The fraction of sp³-hybridized carbons (Fsp3) is 0.476. The number of allylic oxidation sites excluding steroid dienone is 2. The molecular formula is C21H23N3O2. The largest absolute Gasteiger partial charge is 0.353 e. The van der Waals surface area contributed by atoms with Crippen molar-refractivity contribution < 1.29 is 4.79 Å². The van der Waals surface area contributed by atoms with Gasteiger partial charge in [0.25, 0.3) is 5.56 Å². The third kappa shape index (κ3) is 2.49. The molecule has 2 N–H and O–H groups in total. The van der Waals surface area contributed by atoms with Gasteiger partial charge in [-0.05, 0) is 43.2 Å². The Bertz CT molecular complexity index is 942. The molecule has 3 aliphatic carbocycles. The summed E-state index contributed by atoms with van der Waals surface area (Å²) in [7, 11) is 0. The third-order valence-corrected chi connectivity index (χ3v) is 6.41. The molecule has 2 aromatic rings. The van der Waals surface area contributed by atoms with Crippen molar-refractivity contribution in [3.05, 3.63) is 52.6 Å². The van der Waals surface area contributed by atoms with E-state index in [9.17, 15) is 9.59 Å². The number of fused-ring (bicyclic) bond motifs is 3. The van der Waals surface area contributed by atoms with Gasteiger partial charge in [0.05, 0.1) is 16.8 Å². The van der Waals surface area contributed by atoms with E-state index in [0.29, 0.717) is 22.8 Å². The van der Waals surface area contributed by atoms with Crippen LogP contribution in [-0.2, 0) is 4.79 Å². The second kappa shape index (κ2) is 6.08. The molecule has 5 heteroatoms. The molecule has 5 rings (SSSR count). The monoisotopic (exact) mass is 349 g/mol. The third-order valence-electron chi connectivity index (χ3n) is 6.41. The van der Waals surface area contributed by atoms with Crippen LogP contribution in [0.15, 0.2) is 41.2 Å². The number of hydrogen-bond acceptors (Lipinski definition) is 3. The number of carbonyl (C=O) groups excluding carboxylic acids is 1. The summed E-state index contributed by atoms with van der Waals surface area (Å²) in [5.74, 6) is 1.16. The maximum atomic E-state index is 13.1. The van der Waals surface area contributed by atoms with Gasteiger partial charge in [0.2, 0.25) is 5.91 Å². The highest BCUT2D eigenvalue weighted by Crippen LogP contribution is 2.52. The van der Waals surface area contributed by atoms with Crippen LogP contribution in [0.3, 0.4) is 0 Å². The van der Waals surface area contributed by atoms with Crippen LogP contribution < -0.4 is 10.9 Å². The van der Waals surface area contributed by atoms with Crippen LogP contribution in [0.25, 0.3) is 10.9 Å². The molecule has 0 radical (unpaired) electrons. The Labute approximate surface area is 151 Å². The molecule has 134 valence electrons. The van der Waals surface area contributed by atoms with Gasteiger partial charge in [-0.2, -0.15) is 0 Å². The van der Waals surface area contributed by atoms with Crippen LogP contribution in [0.5, 0.6) is 0 Å². The van der Waals surface area contributed by atoms with E-state index < -0.39 is 0 Å². The molecule has 3 aliphatic rings. The quantitative estimate of drug-likeness (QED) is 0.837. The highest BCUT2D eigenvalue weighted by molar-refractivity contribution is 5.82. The van der Waals surface area contributed by atoms with E-state index in [4.69, 9.17) is 4.98 Å². The normalized spacial score (nSPS) is 30.3. The summed E-state index contributed by atoms with van der Waals surface area (Å²) in [6.07, 6.45) is 9.92. The SMILES string of the molecule is O=C(NC1CCCC1)[C@H]1[C@@H](c2nc3ccccc3c(=O)[nH]2)[C@@H]2C=C[C@H]1C2. The molecule has 2 saturated carbocycles. The van der Waals surface area contributed by atoms with Crippen LogP contribution >= 0.6 is 0 Å². The molecule has 2 bridgehead atoms. The van der Waals surface area contributed by atoms with Crippen molar-refractivity contribution in [2.24, 2.45) is 17.8 Å². The van der Waals surface area contributed by atoms with Crippen molar-refractivity contribution in [1.29, 1.82) is 0 Å². The number of nitrogens with zero attached hydrogens (tertiary/aromatic N) is 1. The maximum Gasteiger partial charge on any atom is 0.258 e. The smallest absolute Gasteiger partial charge is 0.258 e. The minimum Gasteiger partial charge on any atom is -0.353 e. The Morgan fingerprint density at radius 1 is 1.12 bits per heavy atom. The number of para-hydroxylation sites is 1. The van der Waals surface area contributed by atoms with Gasteiger partial charge in [-0.25, -0.2) is 4.98 Å². The van der Waals surface area contributed by atoms with Gasteiger partial charge in [0, 0.05) is 12.0 Å². The summed E-state index contributed by atoms with van der Waals surface area (Å²) in [6, 6.07) is 7.70. The fourth-order valence-corrected chi connectivity index (χ4v) is 5.18. The highest BCUT2D eigenvalue weighted by atomic mass is 16.2. The van der Waals surface area contributed by atoms with E-state index in [1.807, 2.05) is 18.2 Å². The summed E-state index contributed by atoms with van der Waals surface area (Å²) in [6.45, 7) is 0. The van der Waals surface area contributed by atoms with Crippen molar-refractivity contribution in [2.45, 2.75) is 44.1 Å². The lowest BCUT2D eigenvalue weighted by Gasteiger charge is -2.27. The molecule has 0 saturated heterocycles. The maximum absolute atomic E-state index is 13.1. The van der Waals surface area contributed by atoms with Crippen molar-refractivity contribution in [3.63, 3.8) is 0 Å². The number of benzene rings is 1. The Kier molecular flexibility index (Phi) is 3.69. The van der Waals surface area contributed by atoms with Crippen LogP contribution in [0.4, 0.5) is 0 Å². The molecule has 1 heterocycles. The molecule has 0 aliphatic heterocycles. The number of H-pyrrole nitrogens is 1. The first-order valence-electron chi connectivity index (χ1n) is 9.68. The zero-order valence-electron chi connectivity index (χ0n) is 14.7. The number of aromatic amines is 1. The van der Waals surface area contributed by atoms with Crippen LogP contribution in [0.1, 0.15) is 43.8 Å². The number of nitrogens with one attached hydrogen (secondary N) is 2. The molecule has 1 aromatic carbocycles. The van der Waals surface area contributed by atoms with Gasteiger partial charge in [-0.3, -0.25) is 9.59 Å². The van der Waals surface area contributed by atoms with Gasteiger partial charge >= 0.3 is 0 Å². The van der Waals surface area contributed by atoms with Gasteiger partial charge in [0.15, 0.2) is 0 Å². The van der Waals surface area contributed by atoms with Crippen molar-refractivity contribution in [1.82, 2.24) is 15.3 Å². The van der Waals surface area contributed by atoms with E-state index in [0.717, 1.165) is 19.3 Å². The van der Waals surface area contributed by atoms with E-state index in [-0.39, 0.29) is 35.1 Å². The summed E-state index contributed by atoms with van der Waals surface area (Å²) in [4.78, 5) is 33.3. The standard InChI is InChI=1S/C21H23N3O2/c25-20-15-7-3-4-8-16(15)23-19(24-20)17-12-9-10-13(11-12)18(17)21(26)22-14-5-1-2-6-14/h3-4,7-10,12-14,17-18H,1-2,5-6,11H2,(H,22,26)(H,23,24,25)/t12-,13+,17+,18-/m1/s1. The average molecular weight is 349 g/mol. The molecule has 1 aromatic heterocycles. The lowest BCUT2D eigenvalue weighted by molar-refractivity contribution is -0.127. The molecule has 0 unspecified atom stereocenters. The number of amides is 1. The average Bonchev–Trinajstić information content (AvgIpc) is 3.38. The Morgan fingerprint density at radius 2 is 1.88 bits per heavy atom. The minimum atomic E-state index is -0.130. The first-order chi connectivity index (χ1) is 12.7. The first kappa shape index (κ1) is 15.8. The van der Waals surface area contributed by atoms with Crippen molar-refractivity contribution in [3.8, 4) is 0 Å². The summed E-state index contributed by atoms with van der Waals surface area (Å²) >= 11 is 0. The van der Waals surface area contributed by atoms with Gasteiger partial charge < -0.3 is 10.3 Å². The van der Waals surface area contributed by atoms with Crippen LogP contribution in [0, 0.1) is 17.8 Å². The Balaban J connectivity index is 1.51. The number of aromatic nitrogens is 2. The molecule has 4 atom stereocenters. The van der Waals surface area contributed by atoms with Crippen LogP contribution in [0.2, 0.25) is 0 Å². The molecule has 5 nitrogen and oxygen atoms in total. The van der Waals surface area contributed by atoms with E-state index in [2.05, 4.69) is 22.5 Å². The number of carbonyl (C=O) groups is 1. The van der Waals surface area contributed by atoms with Gasteiger partial charge in [-0.1, -0.05) is 37.1 Å². The van der Waals surface area contributed by atoms with Crippen molar-refractivity contribution in [2.75, 3.05) is 0 Å². The lowest BCUT2D eigenvalue weighted by atomic mass is 9.81. The predicted octanol–water partition coefficient (Wildman–Crippen LogP) is 2.89. The Morgan fingerprint density at radius 3 is 2.73 bits per heavy atom. The lowest BCUT2D eigenvalue weighted by Crippen LogP contribution is -2.41. The Hall–Kier alpha value is -2.43. The van der Waals surface area contributed by atoms with Crippen LogP contribution in [-0.4, -0.2) is 21.9 Å². The second-order valence-corrected chi connectivity index (χ2v) is 7.96. The topological polar surface area (TPSA) is 74.8 Å². The van der Waals surface area contributed by atoms with Gasteiger partial charge in [0.1, 0.15) is 5.82 Å². The van der Waals surface area contributed by atoms with Crippen molar-refractivity contribution >= 4 is 16.8 Å². The number of rotatable bonds is 3. The van der Waals surface area contributed by atoms with E-state index >= 15 is 0 Å². The first-order valence-corrected chi connectivity index (χ1v) is 9.68. The zero-order chi connectivity index (χ0) is 17.7. The molecular weight excluding hydrogens is 326 g/mol. The van der Waals surface area contributed by atoms with E-state index in [1.54, 1.807) is 6.07 Å².